The Hall–Kier alpha value is -1.94. The molecule has 0 aliphatic rings. The fraction of sp³-hybridized carbons (Fsp3) is 0.286. The molecule has 2 rings (SSSR count). The van der Waals surface area contributed by atoms with Gasteiger partial charge in [0.15, 0.2) is 5.82 Å². The number of aromatic nitrogens is 2. The first-order valence-corrected chi connectivity index (χ1v) is 5.94. The molecule has 2 N–H and O–H groups in total. The highest BCUT2D eigenvalue weighted by molar-refractivity contribution is 5.62. The van der Waals surface area contributed by atoms with Crippen LogP contribution in [0.3, 0.4) is 0 Å². The Bertz CT molecular complexity index is 531. The molecule has 1 aromatic carbocycles. The molecule has 1 heterocycles. The average molecular weight is 242 g/mol. The van der Waals surface area contributed by atoms with E-state index in [1.54, 1.807) is 12.4 Å². The van der Waals surface area contributed by atoms with E-state index in [0.717, 1.165) is 17.2 Å². The van der Waals surface area contributed by atoms with Crippen molar-refractivity contribution in [3.05, 3.63) is 47.4 Å². The molecule has 0 fully saturated rings. The van der Waals surface area contributed by atoms with Gasteiger partial charge in [0.05, 0.1) is 5.69 Å². The second-order valence-corrected chi connectivity index (χ2v) is 4.44. The van der Waals surface area contributed by atoms with Gasteiger partial charge in [0.25, 0.3) is 0 Å². The summed E-state index contributed by atoms with van der Waals surface area (Å²) >= 11 is 0. The number of anilines is 2. The molecule has 0 saturated carbocycles. The molecular weight excluding hydrogens is 224 g/mol. The zero-order valence-electron chi connectivity index (χ0n) is 11.0. The van der Waals surface area contributed by atoms with E-state index in [1.165, 1.54) is 11.1 Å². The summed E-state index contributed by atoms with van der Waals surface area (Å²) < 4.78 is 0. The van der Waals surface area contributed by atoms with Crippen molar-refractivity contribution in [2.75, 3.05) is 11.9 Å². The number of hydrogen-bond acceptors (Lipinski definition) is 4. The van der Waals surface area contributed by atoms with Gasteiger partial charge in [0.2, 0.25) is 0 Å². The van der Waals surface area contributed by atoms with Crippen molar-refractivity contribution >= 4 is 11.5 Å². The van der Waals surface area contributed by atoms with E-state index < -0.39 is 0 Å². The first-order chi connectivity index (χ1) is 8.61. The van der Waals surface area contributed by atoms with Crippen LogP contribution in [0.1, 0.15) is 16.8 Å². The average Bonchev–Trinajstić information content (AvgIpc) is 2.36. The summed E-state index contributed by atoms with van der Waals surface area (Å²) in [6, 6.07) is 6.40. The Morgan fingerprint density at radius 2 is 1.67 bits per heavy atom. The van der Waals surface area contributed by atoms with E-state index in [4.69, 9.17) is 5.73 Å². The number of rotatable bonds is 3. The fourth-order valence-electron chi connectivity index (χ4n) is 2.05. The van der Waals surface area contributed by atoms with Crippen LogP contribution in [-0.2, 0) is 6.54 Å². The van der Waals surface area contributed by atoms with Crippen LogP contribution in [0.5, 0.6) is 0 Å². The molecule has 0 amide bonds. The van der Waals surface area contributed by atoms with Gasteiger partial charge in [-0.1, -0.05) is 6.07 Å². The molecule has 0 aliphatic carbocycles. The summed E-state index contributed by atoms with van der Waals surface area (Å²) in [6.07, 6.45) is 3.36. The lowest BCUT2D eigenvalue weighted by atomic mass is 10.1. The second-order valence-electron chi connectivity index (χ2n) is 4.44. The van der Waals surface area contributed by atoms with Crippen molar-refractivity contribution in [3.8, 4) is 0 Å². The van der Waals surface area contributed by atoms with Crippen molar-refractivity contribution in [1.82, 2.24) is 9.97 Å². The number of hydrogen-bond donors (Lipinski definition) is 1. The quantitative estimate of drug-likeness (QED) is 0.897. The van der Waals surface area contributed by atoms with Crippen molar-refractivity contribution in [1.29, 1.82) is 0 Å². The largest absolute Gasteiger partial charge is 0.328 e. The Balaban J connectivity index is 2.44. The fourth-order valence-corrected chi connectivity index (χ4v) is 2.05. The molecule has 0 saturated heterocycles. The van der Waals surface area contributed by atoms with Crippen molar-refractivity contribution in [3.63, 3.8) is 0 Å². The van der Waals surface area contributed by atoms with E-state index in [9.17, 15) is 0 Å². The van der Waals surface area contributed by atoms with Gasteiger partial charge in [0.1, 0.15) is 0 Å². The van der Waals surface area contributed by atoms with Crippen LogP contribution < -0.4 is 10.6 Å². The molecule has 4 nitrogen and oxygen atoms in total. The summed E-state index contributed by atoms with van der Waals surface area (Å²) in [7, 11) is 1.98. The summed E-state index contributed by atoms with van der Waals surface area (Å²) in [5, 5.41) is 0. The molecule has 94 valence electrons. The SMILES string of the molecule is Cc1cc(C)cc(N(C)c2nccnc2CN)c1. The van der Waals surface area contributed by atoms with Gasteiger partial charge < -0.3 is 10.6 Å². The molecule has 1 aromatic heterocycles. The Morgan fingerprint density at radius 3 is 2.28 bits per heavy atom. The predicted molar refractivity (Wildman–Crippen MR) is 73.9 cm³/mol. The minimum Gasteiger partial charge on any atom is -0.328 e. The van der Waals surface area contributed by atoms with Crippen LogP contribution in [0.15, 0.2) is 30.6 Å². The van der Waals surface area contributed by atoms with Gasteiger partial charge in [-0.05, 0) is 37.1 Å². The summed E-state index contributed by atoms with van der Waals surface area (Å²) in [4.78, 5) is 10.7. The lowest BCUT2D eigenvalue weighted by molar-refractivity contribution is 0.939. The molecule has 0 bridgehead atoms. The molecule has 0 spiro atoms. The number of nitrogens with two attached hydrogens (primary N) is 1. The topological polar surface area (TPSA) is 55.0 Å². The highest BCUT2D eigenvalue weighted by Gasteiger charge is 2.11. The summed E-state index contributed by atoms with van der Waals surface area (Å²) in [5.74, 6) is 0.810. The molecule has 2 aromatic rings. The first-order valence-electron chi connectivity index (χ1n) is 5.94. The smallest absolute Gasteiger partial charge is 0.155 e. The summed E-state index contributed by atoms with van der Waals surface area (Å²) in [5.41, 5.74) is 10.1. The van der Waals surface area contributed by atoms with Crippen molar-refractivity contribution in [2.45, 2.75) is 20.4 Å². The van der Waals surface area contributed by atoms with Crippen LogP contribution in [0.4, 0.5) is 11.5 Å². The van der Waals surface area contributed by atoms with E-state index in [1.807, 2.05) is 11.9 Å². The molecule has 18 heavy (non-hydrogen) atoms. The highest BCUT2D eigenvalue weighted by atomic mass is 15.2. The first kappa shape index (κ1) is 12.5. The zero-order valence-corrected chi connectivity index (χ0v) is 11.0. The van der Waals surface area contributed by atoms with Crippen LogP contribution >= 0.6 is 0 Å². The Labute approximate surface area is 107 Å². The van der Waals surface area contributed by atoms with Crippen molar-refractivity contribution < 1.29 is 0 Å². The van der Waals surface area contributed by atoms with E-state index in [2.05, 4.69) is 42.0 Å². The highest BCUT2D eigenvalue weighted by Crippen LogP contribution is 2.25. The monoisotopic (exact) mass is 242 g/mol. The second kappa shape index (κ2) is 5.14. The van der Waals surface area contributed by atoms with E-state index >= 15 is 0 Å². The predicted octanol–water partition coefficient (Wildman–Crippen LogP) is 2.32. The third-order valence-electron chi connectivity index (χ3n) is 2.86. The third kappa shape index (κ3) is 2.49. The van der Waals surface area contributed by atoms with Gasteiger partial charge in [-0.2, -0.15) is 0 Å². The Kier molecular flexibility index (Phi) is 3.58. The number of benzene rings is 1. The molecule has 0 aliphatic heterocycles. The molecule has 0 unspecified atom stereocenters. The lowest BCUT2D eigenvalue weighted by Crippen LogP contribution is -2.16. The van der Waals surface area contributed by atoms with Crippen molar-refractivity contribution in [2.24, 2.45) is 5.73 Å². The van der Waals surface area contributed by atoms with Gasteiger partial charge in [-0.15, -0.1) is 0 Å². The summed E-state index contributed by atoms with van der Waals surface area (Å²) in [6.45, 7) is 4.56. The minimum atomic E-state index is 0.387. The molecular formula is C14H18N4. The maximum Gasteiger partial charge on any atom is 0.155 e. The lowest BCUT2D eigenvalue weighted by Gasteiger charge is -2.21. The number of aryl methyl sites for hydroxylation is 2. The van der Waals surface area contributed by atoms with Crippen LogP contribution in [0, 0.1) is 13.8 Å². The minimum absolute atomic E-state index is 0.387. The Morgan fingerprint density at radius 1 is 1.06 bits per heavy atom. The molecule has 0 radical (unpaired) electrons. The van der Waals surface area contributed by atoms with Gasteiger partial charge in [0, 0.05) is 31.7 Å². The number of nitrogens with zero attached hydrogens (tertiary/aromatic N) is 3. The molecule has 4 heteroatoms. The van der Waals surface area contributed by atoms with Crippen LogP contribution in [0.2, 0.25) is 0 Å². The zero-order chi connectivity index (χ0) is 13.1. The van der Waals surface area contributed by atoms with Gasteiger partial charge >= 0.3 is 0 Å². The van der Waals surface area contributed by atoms with Gasteiger partial charge in [-0.3, -0.25) is 4.98 Å². The van der Waals surface area contributed by atoms with Crippen LogP contribution in [0.25, 0.3) is 0 Å². The standard InChI is InChI=1S/C14H18N4/c1-10-6-11(2)8-12(7-10)18(3)14-13(9-15)16-4-5-17-14/h4-8H,9,15H2,1-3H3. The molecule has 0 atom stereocenters. The van der Waals surface area contributed by atoms with E-state index in [-0.39, 0.29) is 0 Å². The van der Waals surface area contributed by atoms with Gasteiger partial charge in [-0.25, -0.2) is 4.98 Å². The maximum absolute atomic E-state index is 5.70. The van der Waals surface area contributed by atoms with E-state index in [0.29, 0.717) is 6.54 Å². The third-order valence-corrected chi connectivity index (χ3v) is 2.86. The normalized spacial score (nSPS) is 10.4. The maximum atomic E-state index is 5.70. The van der Waals surface area contributed by atoms with Crippen LogP contribution in [-0.4, -0.2) is 17.0 Å².